The van der Waals surface area contributed by atoms with Gasteiger partial charge in [0.1, 0.15) is 6.54 Å². The molecule has 2 amide bonds. The number of esters is 1. The first-order valence-corrected chi connectivity index (χ1v) is 10.5. The van der Waals surface area contributed by atoms with Crippen LogP contribution in [0.15, 0.2) is 54.6 Å². The molecule has 1 unspecified atom stereocenters. The Kier molecular flexibility index (Phi) is 7.78. The molecule has 7 nitrogen and oxygen atoms in total. The van der Waals surface area contributed by atoms with Crippen LogP contribution in [-0.4, -0.2) is 66.4 Å². The van der Waals surface area contributed by atoms with Gasteiger partial charge in [0.2, 0.25) is 0 Å². The van der Waals surface area contributed by atoms with E-state index in [0.717, 1.165) is 25.2 Å². The van der Waals surface area contributed by atoms with Crippen molar-refractivity contribution in [2.75, 3.05) is 32.7 Å². The molecule has 164 valence electrons. The van der Waals surface area contributed by atoms with Gasteiger partial charge in [0.05, 0.1) is 0 Å². The number of carbonyl (C=O) groups is 3. The molecule has 0 radical (unpaired) electrons. The van der Waals surface area contributed by atoms with Crippen molar-refractivity contribution in [2.24, 2.45) is 0 Å². The zero-order valence-electron chi connectivity index (χ0n) is 18.0. The van der Waals surface area contributed by atoms with E-state index in [9.17, 15) is 14.4 Å². The molecule has 1 fully saturated rings. The summed E-state index contributed by atoms with van der Waals surface area (Å²) >= 11 is 0. The molecule has 1 N–H and O–H groups in total. The lowest BCUT2D eigenvalue weighted by Gasteiger charge is -2.35. The summed E-state index contributed by atoms with van der Waals surface area (Å²) < 4.78 is 5.25. The summed E-state index contributed by atoms with van der Waals surface area (Å²) in [5.41, 5.74) is 2.58. The summed E-state index contributed by atoms with van der Waals surface area (Å²) in [4.78, 5) is 41.0. The lowest BCUT2D eigenvalue weighted by molar-refractivity contribution is -0.159. The standard InChI is InChI=1S/C24H29N3O4/c1-18-8-6-7-11-21(18)23(29)25-16-22(28)31-19(2)24(30)27-14-12-26(13-15-27)17-20-9-4-3-5-10-20/h3-11,19H,12-17H2,1-2H3,(H,25,29). The first-order valence-electron chi connectivity index (χ1n) is 10.5. The summed E-state index contributed by atoms with van der Waals surface area (Å²) in [5.74, 6) is -1.19. The van der Waals surface area contributed by atoms with Crippen molar-refractivity contribution in [3.05, 3.63) is 71.3 Å². The highest BCUT2D eigenvalue weighted by molar-refractivity contribution is 5.97. The van der Waals surface area contributed by atoms with E-state index in [-0.39, 0.29) is 18.4 Å². The van der Waals surface area contributed by atoms with E-state index in [1.165, 1.54) is 5.56 Å². The van der Waals surface area contributed by atoms with Crippen LogP contribution in [0.1, 0.15) is 28.4 Å². The Morgan fingerprint density at radius 3 is 2.29 bits per heavy atom. The summed E-state index contributed by atoms with van der Waals surface area (Å²) in [7, 11) is 0. The van der Waals surface area contributed by atoms with Gasteiger partial charge >= 0.3 is 5.97 Å². The Labute approximate surface area is 183 Å². The second-order valence-electron chi connectivity index (χ2n) is 7.72. The van der Waals surface area contributed by atoms with Crippen molar-refractivity contribution in [2.45, 2.75) is 26.5 Å². The van der Waals surface area contributed by atoms with Crippen LogP contribution in [0, 0.1) is 6.92 Å². The van der Waals surface area contributed by atoms with Gasteiger partial charge in [-0.3, -0.25) is 19.3 Å². The minimum Gasteiger partial charge on any atom is -0.451 e. The number of nitrogens with one attached hydrogen (secondary N) is 1. The molecule has 0 aliphatic carbocycles. The van der Waals surface area contributed by atoms with Crippen LogP contribution in [0.4, 0.5) is 0 Å². The maximum atomic E-state index is 12.6. The number of nitrogens with zero attached hydrogens (tertiary/aromatic N) is 2. The molecule has 0 aromatic heterocycles. The highest BCUT2D eigenvalue weighted by Gasteiger charge is 2.27. The average Bonchev–Trinajstić information content (AvgIpc) is 2.78. The summed E-state index contributed by atoms with van der Waals surface area (Å²) in [5, 5.41) is 2.55. The minimum atomic E-state index is -0.886. The predicted molar refractivity (Wildman–Crippen MR) is 117 cm³/mol. The van der Waals surface area contributed by atoms with E-state index < -0.39 is 12.1 Å². The Hall–Kier alpha value is -3.19. The summed E-state index contributed by atoms with van der Waals surface area (Å²) in [6.07, 6.45) is -0.886. The van der Waals surface area contributed by atoms with Gasteiger partial charge in [-0.2, -0.15) is 0 Å². The van der Waals surface area contributed by atoms with E-state index in [2.05, 4.69) is 22.3 Å². The van der Waals surface area contributed by atoms with Gasteiger partial charge in [-0.15, -0.1) is 0 Å². The fourth-order valence-electron chi connectivity index (χ4n) is 3.59. The van der Waals surface area contributed by atoms with E-state index in [4.69, 9.17) is 4.74 Å². The van der Waals surface area contributed by atoms with Gasteiger partial charge < -0.3 is 15.0 Å². The van der Waals surface area contributed by atoms with Crippen LogP contribution in [0.5, 0.6) is 0 Å². The fraction of sp³-hybridized carbons (Fsp3) is 0.375. The normalized spacial score (nSPS) is 15.2. The highest BCUT2D eigenvalue weighted by atomic mass is 16.5. The summed E-state index contributed by atoms with van der Waals surface area (Å²) in [6.45, 7) is 6.70. The molecule has 31 heavy (non-hydrogen) atoms. The quantitative estimate of drug-likeness (QED) is 0.689. The zero-order chi connectivity index (χ0) is 22.2. The number of hydrogen-bond acceptors (Lipinski definition) is 5. The Morgan fingerprint density at radius 1 is 0.968 bits per heavy atom. The zero-order valence-corrected chi connectivity index (χ0v) is 18.0. The second kappa shape index (κ2) is 10.7. The number of hydrogen-bond donors (Lipinski definition) is 1. The SMILES string of the molecule is Cc1ccccc1C(=O)NCC(=O)OC(C)C(=O)N1CCN(Cc2ccccc2)CC1. The maximum absolute atomic E-state index is 12.6. The largest absolute Gasteiger partial charge is 0.451 e. The van der Waals surface area contributed by atoms with Crippen molar-refractivity contribution in [3.8, 4) is 0 Å². The Bertz CT molecular complexity index is 908. The molecule has 1 aliphatic rings. The molecular formula is C24H29N3O4. The van der Waals surface area contributed by atoms with Crippen molar-refractivity contribution < 1.29 is 19.1 Å². The maximum Gasteiger partial charge on any atom is 0.326 e. The molecule has 2 aromatic carbocycles. The van der Waals surface area contributed by atoms with Crippen molar-refractivity contribution in [1.82, 2.24) is 15.1 Å². The highest BCUT2D eigenvalue weighted by Crippen LogP contribution is 2.10. The van der Waals surface area contributed by atoms with Gasteiger partial charge in [0.25, 0.3) is 11.8 Å². The first-order chi connectivity index (χ1) is 14.9. The molecule has 0 saturated carbocycles. The smallest absolute Gasteiger partial charge is 0.326 e. The first kappa shape index (κ1) is 22.5. The Morgan fingerprint density at radius 2 is 1.61 bits per heavy atom. The van der Waals surface area contributed by atoms with Crippen LogP contribution in [0.2, 0.25) is 0 Å². The summed E-state index contributed by atoms with van der Waals surface area (Å²) in [6, 6.07) is 17.4. The minimum absolute atomic E-state index is 0.210. The molecule has 2 aromatic rings. The lowest BCUT2D eigenvalue weighted by atomic mass is 10.1. The number of piperazine rings is 1. The average molecular weight is 424 g/mol. The molecule has 1 saturated heterocycles. The van der Waals surface area contributed by atoms with Crippen LogP contribution in [-0.2, 0) is 20.9 Å². The molecule has 0 spiro atoms. The number of aryl methyl sites for hydroxylation is 1. The lowest BCUT2D eigenvalue weighted by Crippen LogP contribution is -2.51. The van der Waals surface area contributed by atoms with Gasteiger partial charge in [0.15, 0.2) is 6.10 Å². The van der Waals surface area contributed by atoms with Crippen LogP contribution < -0.4 is 5.32 Å². The number of benzene rings is 2. The van der Waals surface area contributed by atoms with E-state index in [0.29, 0.717) is 18.7 Å². The predicted octanol–water partition coefficient (Wildman–Crippen LogP) is 2.00. The second-order valence-corrected chi connectivity index (χ2v) is 7.72. The van der Waals surface area contributed by atoms with Gasteiger partial charge in [0, 0.05) is 38.3 Å². The number of rotatable bonds is 7. The van der Waals surface area contributed by atoms with Crippen molar-refractivity contribution in [3.63, 3.8) is 0 Å². The van der Waals surface area contributed by atoms with Crippen LogP contribution in [0.3, 0.4) is 0 Å². The molecule has 1 heterocycles. The third-order valence-corrected chi connectivity index (χ3v) is 5.37. The molecule has 0 bridgehead atoms. The topological polar surface area (TPSA) is 78.9 Å². The fourth-order valence-corrected chi connectivity index (χ4v) is 3.59. The number of ether oxygens (including phenoxy) is 1. The molecule has 7 heteroatoms. The third kappa shape index (κ3) is 6.39. The molecule has 3 rings (SSSR count). The van der Waals surface area contributed by atoms with E-state index in [1.54, 1.807) is 24.0 Å². The van der Waals surface area contributed by atoms with Crippen molar-refractivity contribution in [1.29, 1.82) is 0 Å². The third-order valence-electron chi connectivity index (χ3n) is 5.37. The van der Waals surface area contributed by atoms with Gasteiger partial charge in [-0.25, -0.2) is 0 Å². The van der Waals surface area contributed by atoms with E-state index in [1.807, 2.05) is 37.3 Å². The van der Waals surface area contributed by atoms with Crippen LogP contribution in [0.25, 0.3) is 0 Å². The van der Waals surface area contributed by atoms with Crippen molar-refractivity contribution >= 4 is 17.8 Å². The monoisotopic (exact) mass is 423 g/mol. The van der Waals surface area contributed by atoms with Gasteiger partial charge in [-0.05, 0) is 31.0 Å². The number of amides is 2. The number of carbonyl (C=O) groups excluding carboxylic acids is 3. The molecule has 1 aliphatic heterocycles. The molecule has 1 atom stereocenters. The van der Waals surface area contributed by atoms with E-state index >= 15 is 0 Å². The van der Waals surface area contributed by atoms with Crippen LogP contribution >= 0.6 is 0 Å². The molecular weight excluding hydrogens is 394 g/mol. The van der Waals surface area contributed by atoms with Gasteiger partial charge in [-0.1, -0.05) is 48.5 Å². The Balaban J connectivity index is 1.40.